The van der Waals surface area contributed by atoms with Crippen molar-refractivity contribution in [2.45, 2.75) is 65.2 Å². The normalized spacial score (nSPS) is 14.3. The van der Waals surface area contributed by atoms with Gasteiger partial charge in [-0.05, 0) is 56.9 Å². The third-order valence-electron chi connectivity index (χ3n) is 5.93. The van der Waals surface area contributed by atoms with Gasteiger partial charge in [-0.25, -0.2) is 4.79 Å². The number of hydrogen-bond donors (Lipinski definition) is 3. The topological polar surface area (TPSA) is 96.3 Å². The third kappa shape index (κ3) is 4.66. The zero-order valence-corrected chi connectivity index (χ0v) is 18.1. The predicted octanol–water partition coefficient (Wildman–Crippen LogP) is 4.87. The van der Waals surface area contributed by atoms with Gasteiger partial charge in [0.2, 0.25) is 5.91 Å². The molecule has 1 saturated carbocycles. The Balaban J connectivity index is 1.95. The van der Waals surface area contributed by atoms with E-state index >= 15 is 0 Å². The van der Waals surface area contributed by atoms with E-state index in [1.165, 1.54) is 4.68 Å². The Kier molecular flexibility index (Phi) is 7.13. The lowest BCUT2D eigenvalue weighted by molar-refractivity contribution is -0.120. The highest BCUT2D eigenvalue weighted by Gasteiger charge is 2.26. The van der Waals surface area contributed by atoms with E-state index < -0.39 is 0 Å². The molecule has 0 saturated heterocycles. The minimum absolute atomic E-state index is 0.0314. The van der Waals surface area contributed by atoms with Crippen LogP contribution in [0.3, 0.4) is 0 Å². The van der Waals surface area contributed by atoms with Crippen molar-refractivity contribution < 1.29 is 14.7 Å². The van der Waals surface area contributed by atoms with E-state index in [2.05, 4.69) is 15.7 Å². The minimum atomic E-state index is -0.261. The van der Waals surface area contributed by atoms with Gasteiger partial charge in [0.15, 0.2) is 0 Å². The van der Waals surface area contributed by atoms with Crippen molar-refractivity contribution >= 4 is 17.6 Å². The van der Waals surface area contributed by atoms with E-state index in [1.807, 2.05) is 26.8 Å². The predicted molar refractivity (Wildman–Crippen MR) is 118 cm³/mol. The van der Waals surface area contributed by atoms with Gasteiger partial charge in [0.25, 0.3) is 0 Å². The molecule has 3 N–H and O–H groups in total. The Morgan fingerprint density at radius 2 is 1.87 bits per heavy atom. The summed E-state index contributed by atoms with van der Waals surface area (Å²) in [5, 5.41) is 20.7. The van der Waals surface area contributed by atoms with Crippen LogP contribution in [0.25, 0.3) is 11.3 Å². The maximum absolute atomic E-state index is 12.6. The number of rotatable bonds is 7. The van der Waals surface area contributed by atoms with E-state index in [4.69, 9.17) is 0 Å². The first kappa shape index (κ1) is 21.9. The first-order valence-corrected chi connectivity index (χ1v) is 11.0. The van der Waals surface area contributed by atoms with Gasteiger partial charge in [-0.1, -0.05) is 26.7 Å². The van der Waals surface area contributed by atoms with E-state index in [1.54, 1.807) is 18.2 Å². The number of carbonyl (C=O) groups is 2. The van der Waals surface area contributed by atoms with Crippen LogP contribution in [0.5, 0.6) is 5.75 Å². The lowest BCUT2D eigenvalue weighted by atomic mass is 10.0. The number of carbonyl (C=O) groups excluding carboxylic acids is 2. The molecule has 1 aromatic heterocycles. The van der Waals surface area contributed by atoms with Crippen LogP contribution in [0, 0.1) is 5.92 Å². The second-order valence-electron chi connectivity index (χ2n) is 7.92. The van der Waals surface area contributed by atoms with Crippen molar-refractivity contribution in [1.29, 1.82) is 0 Å². The van der Waals surface area contributed by atoms with Gasteiger partial charge in [0.1, 0.15) is 5.75 Å². The molecule has 0 radical (unpaired) electrons. The van der Waals surface area contributed by atoms with E-state index in [0.29, 0.717) is 23.5 Å². The molecule has 7 nitrogen and oxygen atoms in total. The standard InChI is InChI=1S/C23H32N4O3/c1-4-15(5-2)22(29)25-17-11-12-21(28)18(13-17)19-14-20(16-9-7-8-10-16)27(26-19)23(30)24-6-3/h11-16,28H,4-10H2,1-3H3,(H,24,30)(H,25,29). The molecule has 0 unspecified atom stereocenters. The average molecular weight is 413 g/mol. The van der Waals surface area contributed by atoms with E-state index in [9.17, 15) is 14.7 Å². The molecule has 0 bridgehead atoms. The van der Waals surface area contributed by atoms with Crippen LogP contribution < -0.4 is 10.6 Å². The fourth-order valence-electron chi connectivity index (χ4n) is 4.15. The molecule has 0 spiro atoms. The summed E-state index contributed by atoms with van der Waals surface area (Å²) in [5.74, 6) is 0.270. The molecule has 7 heteroatoms. The largest absolute Gasteiger partial charge is 0.507 e. The third-order valence-corrected chi connectivity index (χ3v) is 5.93. The van der Waals surface area contributed by atoms with Crippen LogP contribution in [-0.4, -0.2) is 33.4 Å². The van der Waals surface area contributed by atoms with Crippen molar-refractivity contribution in [3.63, 3.8) is 0 Å². The second kappa shape index (κ2) is 9.78. The maximum atomic E-state index is 12.6. The Labute approximate surface area is 177 Å². The average Bonchev–Trinajstić information content (AvgIpc) is 3.40. The summed E-state index contributed by atoms with van der Waals surface area (Å²) in [4.78, 5) is 25.0. The van der Waals surface area contributed by atoms with Crippen molar-refractivity contribution in [2.24, 2.45) is 5.92 Å². The highest BCUT2D eigenvalue weighted by Crippen LogP contribution is 2.38. The molecular formula is C23H32N4O3. The van der Waals surface area contributed by atoms with Crippen LogP contribution >= 0.6 is 0 Å². The summed E-state index contributed by atoms with van der Waals surface area (Å²) >= 11 is 0. The number of benzene rings is 1. The number of nitrogens with one attached hydrogen (secondary N) is 2. The lowest BCUT2D eigenvalue weighted by Crippen LogP contribution is -2.30. The molecule has 0 atom stereocenters. The molecule has 2 aromatic rings. The zero-order chi connectivity index (χ0) is 21.7. The van der Waals surface area contributed by atoms with Gasteiger partial charge >= 0.3 is 6.03 Å². The van der Waals surface area contributed by atoms with E-state index in [-0.39, 0.29) is 29.5 Å². The molecule has 1 fully saturated rings. The van der Waals surface area contributed by atoms with Crippen molar-refractivity contribution in [3.8, 4) is 17.0 Å². The lowest BCUT2D eigenvalue weighted by Gasteiger charge is -2.13. The van der Waals surface area contributed by atoms with Crippen molar-refractivity contribution in [2.75, 3.05) is 11.9 Å². The Bertz CT molecular complexity index is 896. The summed E-state index contributed by atoms with van der Waals surface area (Å²) in [5.41, 5.74) is 2.51. The van der Waals surface area contributed by atoms with Crippen LogP contribution in [0.2, 0.25) is 0 Å². The molecule has 2 amide bonds. The summed E-state index contributed by atoms with van der Waals surface area (Å²) < 4.78 is 1.43. The maximum Gasteiger partial charge on any atom is 0.342 e. The Hall–Kier alpha value is -2.83. The molecule has 30 heavy (non-hydrogen) atoms. The van der Waals surface area contributed by atoms with Crippen molar-refractivity contribution in [3.05, 3.63) is 30.0 Å². The quantitative estimate of drug-likeness (QED) is 0.566. The van der Waals surface area contributed by atoms with Gasteiger partial charge in [-0.2, -0.15) is 9.78 Å². The van der Waals surface area contributed by atoms with Gasteiger partial charge in [-0.3, -0.25) is 4.79 Å². The molecule has 1 aromatic carbocycles. The number of hydrogen-bond acceptors (Lipinski definition) is 4. The fraction of sp³-hybridized carbons (Fsp3) is 0.522. The summed E-state index contributed by atoms with van der Waals surface area (Å²) in [7, 11) is 0. The molecule has 1 heterocycles. The molecular weight excluding hydrogens is 380 g/mol. The molecule has 0 aliphatic heterocycles. The van der Waals surface area contributed by atoms with Crippen LogP contribution in [0.1, 0.15) is 70.9 Å². The smallest absolute Gasteiger partial charge is 0.342 e. The van der Waals surface area contributed by atoms with Gasteiger partial charge in [0.05, 0.1) is 11.4 Å². The molecule has 1 aliphatic carbocycles. The number of aromatic nitrogens is 2. The zero-order valence-electron chi connectivity index (χ0n) is 18.1. The Morgan fingerprint density at radius 3 is 2.50 bits per heavy atom. The second-order valence-corrected chi connectivity index (χ2v) is 7.92. The first-order valence-electron chi connectivity index (χ1n) is 11.0. The van der Waals surface area contributed by atoms with Gasteiger partial charge in [-0.15, -0.1) is 0 Å². The van der Waals surface area contributed by atoms with Crippen LogP contribution in [0.4, 0.5) is 10.5 Å². The number of nitrogens with zero attached hydrogens (tertiary/aromatic N) is 2. The fourth-order valence-corrected chi connectivity index (χ4v) is 4.15. The Morgan fingerprint density at radius 1 is 1.17 bits per heavy atom. The number of phenolic OH excluding ortho intramolecular Hbond substituents is 1. The first-order chi connectivity index (χ1) is 14.5. The number of anilines is 1. The summed E-state index contributed by atoms with van der Waals surface area (Å²) in [6, 6.07) is 6.59. The number of aromatic hydroxyl groups is 1. The van der Waals surface area contributed by atoms with E-state index in [0.717, 1.165) is 44.2 Å². The minimum Gasteiger partial charge on any atom is -0.507 e. The summed E-state index contributed by atoms with van der Waals surface area (Å²) in [6.07, 6.45) is 5.89. The van der Waals surface area contributed by atoms with Crippen LogP contribution in [-0.2, 0) is 4.79 Å². The molecule has 162 valence electrons. The van der Waals surface area contributed by atoms with Gasteiger partial charge < -0.3 is 15.7 Å². The highest BCUT2D eigenvalue weighted by molar-refractivity contribution is 5.93. The number of amides is 2. The molecule has 3 rings (SSSR count). The van der Waals surface area contributed by atoms with Crippen molar-refractivity contribution in [1.82, 2.24) is 15.1 Å². The molecule has 1 aliphatic rings. The summed E-state index contributed by atoms with van der Waals surface area (Å²) in [6.45, 7) is 6.37. The number of phenols is 1. The highest BCUT2D eigenvalue weighted by atomic mass is 16.3. The van der Waals surface area contributed by atoms with Gasteiger partial charge in [0, 0.05) is 29.6 Å². The SMILES string of the molecule is CCNC(=O)n1nc(-c2cc(NC(=O)C(CC)CC)ccc2O)cc1C1CCCC1. The van der Waals surface area contributed by atoms with Crippen LogP contribution in [0.15, 0.2) is 24.3 Å². The monoisotopic (exact) mass is 412 g/mol.